The van der Waals surface area contributed by atoms with Crippen LogP contribution in [0.15, 0.2) is 12.1 Å². The van der Waals surface area contributed by atoms with Gasteiger partial charge in [-0.2, -0.15) is 0 Å². The summed E-state index contributed by atoms with van der Waals surface area (Å²) >= 11 is 0. The first-order chi connectivity index (χ1) is 10.7. The summed E-state index contributed by atoms with van der Waals surface area (Å²) in [5.41, 5.74) is 0.220. The lowest BCUT2D eigenvalue weighted by atomic mass is 10.0. The summed E-state index contributed by atoms with van der Waals surface area (Å²) < 4.78 is 45.9. The summed E-state index contributed by atoms with van der Waals surface area (Å²) in [4.78, 5) is 2.23. The van der Waals surface area contributed by atoms with Crippen LogP contribution in [0.1, 0.15) is 24.8 Å². The number of ether oxygens (including phenoxy) is 1. The van der Waals surface area contributed by atoms with E-state index in [0.717, 1.165) is 38.4 Å². The van der Waals surface area contributed by atoms with Crippen molar-refractivity contribution in [3.63, 3.8) is 0 Å². The number of nitrogens with one attached hydrogen (secondary N) is 1. The second-order valence-electron chi connectivity index (χ2n) is 6.00. The van der Waals surface area contributed by atoms with Gasteiger partial charge in [-0.3, -0.25) is 4.90 Å². The predicted molar refractivity (Wildman–Crippen MR) is 77.0 cm³/mol. The van der Waals surface area contributed by atoms with Crippen molar-refractivity contribution < 1.29 is 17.9 Å². The average molecular weight is 314 g/mol. The molecule has 1 aromatic carbocycles. The second kappa shape index (κ2) is 6.98. The third kappa shape index (κ3) is 3.29. The predicted octanol–water partition coefficient (Wildman–Crippen LogP) is 2.45. The zero-order chi connectivity index (χ0) is 15.5. The van der Waals surface area contributed by atoms with E-state index in [9.17, 15) is 13.2 Å². The van der Waals surface area contributed by atoms with Crippen LogP contribution >= 0.6 is 0 Å². The Balaban J connectivity index is 1.81. The Morgan fingerprint density at radius 3 is 2.50 bits per heavy atom. The van der Waals surface area contributed by atoms with Crippen LogP contribution in [0.2, 0.25) is 0 Å². The smallest absolute Gasteiger partial charge is 0.194 e. The van der Waals surface area contributed by atoms with E-state index in [0.29, 0.717) is 31.8 Å². The maximum Gasteiger partial charge on any atom is 0.194 e. The second-order valence-corrected chi connectivity index (χ2v) is 6.00. The summed E-state index contributed by atoms with van der Waals surface area (Å²) in [7, 11) is 0. The molecule has 0 spiro atoms. The highest BCUT2D eigenvalue weighted by Crippen LogP contribution is 2.25. The van der Waals surface area contributed by atoms with Crippen LogP contribution in [-0.2, 0) is 11.3 Å². The molecule has 2 fully saturated rings. The zero-order valence-electron chi connectivity index (χ0n) is 12.5. The lowest BCUT2D eigenvalue weighted by molar-refractivity contribution is 0.0154. The number of rotatable bonds is 4. The highest BCUT2D eigenvalue weighted by atomic mass is 19.2. The quantitative estimate of drug-likeness (QED) is 0.864. The van der Waals surface area contributed by atoms with Crippen LogP contribution in [0.4, 0.5) is 13.2 Å². The van der Waals surface area contributed by atoms with Gasteiger partial charge in [-0.15, -0.1) is 0 Å². The van der Waals surface area contributed by atoms with Gasteiger partial charge >= 0.3 is 0 Å². The minimum atomic E-state index is -1.38. The third-order valence-electron chi connectivity index (χ3n) is 4.63. The molecule has 2 heterocycles. The van der Waals surface area contributed by atoms with E-state index in [-0.39, 0.29) is 5.56 Å². The Bertz CT molecular complexity index is 514. The maximum absolute atomic E-state index is 14.0. The largest absolute Gasteiger partial charge is 0.381 e. The molecule has 1 atom stereocenters. The summed E-state index contributed by atoms with van der Waals surface area (Å²) in [5.74, 6) is -3.58. The van der Waals surface area contributed by atoms with Crippen LogP contribution in [0.3, 0.4) is 0 Å². The Morgan fingerprint density at radius 1 is 1.05 bits per heavy atom. The van der Waals surface area contributed by atoms with Crippen molar-refractivity contribution in [3.8, 4) is 0 Å². The van der Waals surface area contributed by atoms with Gasteiger partial charge in [0.05, 0.1) is 0 Å². The molecule has 2 aliphatic rings. The third-order valence-corrected chi connectivity index (χ3v) is 4.63. The molecule has 22 heavy (non-hydrogen) atoms. The van der Waals surface area contributed by atoms with E-state index in [1.54, 1.807) is 0 Å². The van der Waals surface area contributed by atoms with E-state index in [4.69, 9.17) is 4.74 Å². The van der Waals surface area contributed by atoms with E-state index in [1.807, 2.05) is 0 Å². The SMILES string of the molecule is Fc1ccc(CN(C2CCOCC2)[C@H]2CCNC2)c(F)c1F. The normalized spacial score (nSPS) is 23.4. The lowest BCUT2D eigenvalue weighted by Crippen LogP contribution is -2.46. The Kier molecular flexibility index (Phi) is 5.00. The highest BCUT2D eigenvalue weighted by molar-refractivity contribution is 5.20. The van der Waals surface area contributed by atoms with Gasteiger partial charge in [-0.05, 0) is 31.9 Å². The van der Waals surface area contributed by atoms with Crippen molar-refractivity contribution in [1.29, 1.82) is 0 Å². The van der Waals surface area contributed by atoms with Gasteiger partial charge in [0.2, 0.25) is 0 Å². The van der Waals surface area contributed by atoms with E-state index in [1.165, 1.54) is 6.07 Å². The first kappa shape index (κ1) is 15.8. The zero-order valence-corrected chi connectivity index (χ0v) is 12.5. The molecule has 0 aromatic heterocycles. The Hall–Kier alpha value is -1.11. The van der Waals surface area contributed by atoms with E-state index >= 15 is 0 Å². The number of hydrogen-bond acceptors (Lipinski definition) is 3. The number of hydrogen-bond donors (Lipinski definition) is 1. The van der Waals surface area contributed by atoms with Crippen molar-refractivity contribution in [3.05, 3.63) is 35.1 Å². The molecular formula is C16H21F3N2O. The summed E-state index contributed by atoms with van der Waals surface area (Å²) in [5, 5.41) is 3.31. The molecule has 0 aliphatic carbocycles. The molecule has 3 rings (SSSR count). The summed E-state index contributed by atoms with van der Waals surface area (Å²) in [6, 6.07) is 2.95. The van der Waals surface area contributed by atoms with Crippen molar-refractivity contribution in [2.24, 2.45) is 0 Å². The molecule has 0 bridgehead atoms. The van der Waals surface area contributed by atoms with Gasteiger partial charge in [0.15, 0.2) is 17.5 Å². The molecule has 6 heteroatoms. The van der Waals surface area contributed by atoms with Gasteiger partial charge in [0.25, 0.3) is 0 Å². The molecule has 2 saturated heterocycles. The van der Waals surface area contributed by atoms with Gasteiger partial charge < -0.3 is 10.1 Å². The summed E-state index contributed by atoms with van der Waals surface area (Å²) in [6.07, 6.45) is 2.77. The monoisotopic (exact) mass is 314 g/mol. The molecule has 1 N–H and O–H groups in total. The van der Waals surface area contributed by atoms with E-state index < -0.39 is 17.5 Å². The standard InChI is InChI=1S/C16H21F3N2O/c17-14-2-1-11(15(18)16(14)19)10-21(13-3-6-20-9-13)12-4-7-22-8-5-12/h1-2,12-13,20H,3-10H2/t13-/m0/s1. The Labute approximate surface area is 128 Å². The van der Waals surface area contributed by atoms with Crippen LogP contribution in [-0.4, -0.2) is 43.3 Å². The minimum Gasteiger partial charge on any atom is -0.381 e. The van der Waals surface area contributed by atoms with Crippen LogP contribution in [0.25, 0.3) is 0 Å². The molecule has 2 aliphatic heterocycles. The minimum absolute atomic E-state index is 0.220. The van der Waals surface area contributed by atoms with Crippen LogP contribution in [0.5, 0.6) is 0 Å². The number of nitrogens with zero attached hydrogens (tertiary/aromatic N) is 1. The molecule has 122 valence electrons. The van der Waals surface area contributed by atoms with Crippen molar-refractivity contribution in [1.82, 2.24) is 10.2 Å². The van der Waals surface area contributed by atoms with Gasteiger partial charge in [0, 0.05) is 44.0 Å². The first-order valence-electron chi connectivity index (χ1n) is 7.83. The van der Waals surface area contributed by atoms with Crippen LogP contribution in [0, 0.1) is 17.5 Å². The fourth-order valence-electron chi connectivity index (χ4n) is 3.38. The first-order valence-corrected chi connectivity index (χ1v) is 7.83. The van der Waals surface area contributed by atoms with Crippen molar-refractivity contribution in [2.75, 3.05) is 26.3 Å². The van der Waals surface area contributed by atoms with E-state index in [2.05, 4.69) is 10.2 Å². The van der Waals surface area contributed by atoms with Gasteiger partial charge in [-0.1, -0.05) is 6.07 Å². The topological polar surface area (TPSA) is 24.5 Å². The number of halogens is 3. The molecule has 0 radical (unpaired) electrons. The lowest BCUT2D eigenvalue weighted by Gasteiger charge is -2.38. The van der Waals surface area contributed by atoms with Gasteiger partial charge in [-0.25, -0.2) is 13.2 Å². The fraction of sp³-hybridized carbons (Fsp3) is 0.625. The molecule has 0 saturated carbocycles. The van der Waals surface area contributed by atoms with Crippen LogP contribution < -0.4 is 5.32 Å². The summed E-state index contributed by atoms with van der Waals surface area (Å²) in [6.45, 7) is 3.48. The molecule has 0 unspecified atom stereocenters. The average Bonchev–Trinajstić information content (AvgIpc) is 3.07. The molecule has 3 nitrogen and oxygen atoms in total. The molecule has 0 amide bonds. The Morgan fingerprint density at radius 2 is 1.82 bits per heavy atom. The molecule has 1 aromatic rings. The van der Waals surface area contributed by atoms with Crippen molar-refractivity contribution in [2.45, 2.75) is 37.9 Å². The van der Waals surface area contributed by atoms with Crippen molar-refractivity contribution >= 4 is 0 Å². The fourth-order valence-corrected chi connectivity index (χ4v) is 3.38. The number of benzene rings is 1. The molecular weight excluding hydrogens is 293 g/mol. The highest BCUT2D eigenvalue weighted by Gasteiger charge is 2.31. The van der Waals surface area contributed by atoms with Gasteiger partial charge in [0.1, 0.15) is 0 Å². The maximum atomic E-state index is 14.0.